The highest BCUT2D eigenvalue weighted by atomic mass is 35.5. The van der Waals surface area contributed by atoms with E-state index < -0.39 is 6.43 Å². The third-order valence-corrected chi connectivity index (χ3v) is 1.96. The van der Waals surface area contributed by atoms with E-state index >= 15 is 0 Å². The average Bonchev–Trinajstić information content (AvgIpc) is 2.63. The van der Waals surface area contributed by atoms with Gasteiger partial charge in [0.05, 0.1) is 0 Å². The zero-order chi connectivity index (χ0) is 11.7. The molecule has 0 unspecified atom stereocenters. The molecule has 0 N–H and O–H groups in total. The predicted octanol–water partition coefficient (Wildman–Crippen LogP) is 3.77. The molecule has 0 amide bonds. The Kier molecular flexibility index (Phi) is 8.28. The van der Waals surface area contributed by atoms with Crippen molar-refractivity contribution in [3.63, 3.8) is 0 Å². The standard InChI is InChI=1S/C5H11Cl.C5H6F2N2/c1-2-3-4-5-6;1-9-3-2-4(8-9)5(6)7/h2-5H2,1H3;2-3,5H,1H3. The molecule has 0 spiro atoms. The lowest BCUT2D eigenvalue weighted by atomic mass is 10.3. The van der Waals surface area contributed by atoms with Gasteiger partial charge in [-0.25, -0.2) is 8.78 Å². The highest BCUT2D eigenvalue weighted by Crippen LogP contribution is 2.14. The number of halogens is 3. The minimum absolute atomic E-state index is 0.169. The Morgan fingerprint density at radius 1 is 1.47 bits per heavy atom. The zero-order valence-corrected chi connectivity index (χ0v) is 9.84. The van der Waals surface area contributed by atoms with Crippen molar-refractivity contribution in [2.24, 2.45) is 7.05 Å². The fourth-order valence-electron chi connectivity index (χ4n) is 0.894. The van der Waals surface area contributed by atoms with Crippen LogP contribution in [0.5, 0.6) is 0 Å². The van der Waals surface area contributed by atoms with E-state index in [0.29, 0.717) is 0 Å². The third kappa shape index (κ3) is 7.31. The molecule has 0 fully saturated rings. The molecule has 0 saturated heterocycles. The molecule has 1 heterocycles. The van der Waals surface area contributed by atoms with Gasteiger partial charge in [-0.15, -0.1) is 11.6 Å². The second kappa shape index (κ2) is 8.65. The number of hydrogen-bond donors (Lipinski definition) is 0. The lowest BCUT2D eigenvalue weighted by Crippen LogP contribution is -1.90. The van der Waals surface area contributed by atoms with Crippen LogP contribution in [-0.2, 0) is 7.05 Å². The lowest BCUT2D eigenvalue weighted by molar-refractivity contribution is 0.145. The molecule has 1 aromatic rings. The Morgan fingerprint density at radius 3 is 2.33 bits per heavy atom. The van der Waals surface area contributed by atoms with Crippen molar-refractivity contribution in [3.8, 4) is 0 Å². The molecular formula is C10H17ClF2N2. The van der Waals surface area contributed by atoms with Crippen LogP contribution < -0.4 is 0 Å². The summed E-state index contributed by atoms with van der Waals surface area (Å²) in [7, 11) is 1.60. The first-order valence-corrected chi connectivity index (χ1v) is 5.49. The SMILES string of the molecule is CCCCCCl.Cn1ccc(C(F)F)n1. The number of hydrogen-bond acceptors (Lipinski definition) is 1. The molecular weight excluding hydrogens is 222 g/mol. The van der Waals surface area contributed by atoms with Gasteiger partial charge in [-0.05, 0) is 12.5 Å². The van der Waals surface area contributed by atoms with Crippen molar-refractivity contribution in [1.82, 2.24) is 9.78 Å². The molecule has 15 heavy (non-hydrogen) atoms. The average molecular weight is 239 g/mol. The summed E-state index contributed by atoms with van der Waals surface area (Å²) in [6.45, 7) is 2.17. The van der Waals surface area contributed by atoms with Gasteiger partial charge in [0.25, 0.3) is 6.43 Å². The van der Waals surface area contributed by atoms with Crippen LogP contribution in [-0.4, -0.2) is 15.7 Å². The monoisotopic (exact) mass is 238 g/mol. The van der Waals surface area contributed by atoms with Crippen LogP contribution in [0.1, 0.15) is 38.3 Å². The molecule has 5 heteroatoms. The van der Waals surface area contributed by atoms with Gasteiger partial charge in [-0.2, -0.15) is 5.10 Å². The smallest absolute Gasteiger partial charge is 0.275 e. The van der Waals surface area contributed by atoms with E-state index in [1.165, 1.54) is 36.2 Å². The molecule has 0 aromatic carbocycles. The van der Waals surface area contributed by atoms with Gasteiger partial charge in [0.2, 0.25) is 0 Å². The van der Waals surface area contributed by atoms with Gasteiger partial charge in [0.15, 0.2) is 0 Å². The summed E-state index contributed by atoms with van der Waals surface area (Å²) < 4.78 is 24.8. The van der Waals surface area contributed by atoms with Crippen molar-refractivity contribution in [2.45, 2.75) is 32.6 Å². The van der Waals surface area contributed by atoms with E-state index in [9.17, 15) is 8.78 Å². The zero-order valence-electron chi connectivity index (χ0n) is 9.09. The Bertz CT molecular complexity index is 247. The molecule has 0 saturated carbocycles. The minimum atomic E-state index is -2.45. The molecule has 0 radical (unpaired) electrons. The van der Waals surface area contributed by atoms with E-state index in [0.717, 1.165) is 5.88 Å². The summed E-state index contributed by atoms with van der Waals surface area (Å²) in [5.74, 6) is 0.827. The van der Waals surface area contributed by atoms with Gasteiger partial charge in [0.1, 0.15) is 5.69 Å². The number of unbranched alkanes of at least 4 members (excludes halogenated alkanes) is 2. The topological polar surface area (TPSA) is 17.8 Å². The predicted molar refractivity (Wildman–Crippen MR) is 58.4 cm³/mol. The number of rotatable bonds is 4. The number of aryl methyl sites for hydroxylation is 1. The number of aromatic nitrogens is 2. The van der Waals surface area contributed by atoms with Gasteiger partial charge < -0.3 is 0 Å². The molecule has 0 atom stereocenters. The van der Waals surface area contributed by atoms with Gasteiger partial charge in [0, 0.05) is 19.1 Å². The highest BCUT2D eigenvalue weighted by Gasteiger charge is 2.08. The third-order valence-electron chi connectivity index (χ3n) is 1.70. The van der Waals surface area contributed by atoms with E-state index in [-0.39, 0.29) is 5.69 Å². The van der Waals surface area contributed by atoms with Crippen LogP contribution in [0.3, 0.4) is 0 Å². The molecule has 0 aliphatic heterocycles. The molecule has 1 aromatic heterocycles. The van der Waals surface area contributed by atoms with E-state index in [1.807, 2.05) is 0 Å². The first-order chi connectivity index (χ1) is 7.11. The van der Waals surface area contributed by atoms with Crippen LogP contribution in [0.4, 0.5) is 8.78 Å². The van der Waals surface area contributed by atoms with Crippen LogP contribution in [0, 0.1) is 0 Å². The first kappa shape index (κ1) is 14.4. The largest absolute Gasteiger partial charge is 0.282 e. The fourth-order valence-corrected chi connectivity index (χ4v) is 1.08. The lowest BCUT2D eigenvalue weighted by Gasteiger charge is -1.88. The van der Waals surface area contributed by atoms with E-state index in [2.05, 4.69) is 12.0 Å². The van der Waals surface area contributed by atoms with Crippen molar-refractivity contribution in [1.29, 1.82) is 0 Å². The number of alkyl halides is 3. The molecule has 0 bridgehead atoms. The Balaban J connectivity index is 0.000000288. The minimum Gasteiger partial charge on any atom is -0.275 e. The first-order valence-electron chi connectivity index (χ1n) is 4.95. The maximum atomic E-state index is 11.7. The molecule has 88 valence electrons. The second-order valence-electron chi connectivity index (χ2n) is 3.11. The summed E-state index contributed by atoms with van der Waals surface area (Å²) in [5, 5.41) is 3.48. The van der Waals surface area contributed by atoms with Crippen LogP contribution in [0.25, 0.3) is 0 Å². The van der Waals surface area contributed by atoms with Gasteiger partial charge in [-0.3, -0.25) is 4.68 Å². The quantitative estimate of drug-likeness (QED) is 0.577. The fraction of sp³-hybridized carbons (Fsp3) is 0.700. The van der Waals surface area contributed by atoms with Crippen LogP contribution in [0.2, 0.25) is 0 Å². The summed E-state index contributed by atoms with van der Waals surface area (Å²) in [5.41, 5.74) is -0.169. The maximum Gasteiger partial charge on any atom is 0.282 e. The Labute approximate surface area is 94.2 Å². The Morgan fingerprint density at radius 2 is 2.13 bits per heavy atom. The van der Waals surface area contributed by atoms with Gasteiger partial charge >= 0.3 is 0 Å². The van der Waals surface area contributed by atoms with Crippen molar-refractivity contribution in [3.05, 3.63) is 18.0 Å². The highest BCUT2D eigenvalue weighted by molar-refractivity contribution is 6.17. The summed E-state index contributed by atoms with van der Waals surface area (Å²) in [6.07, 6.45) is 2.77. The van der Waals surface area contributed by atoms with Crippen molar-refractivity contribution in [2.75, 3.05) is 5.88 Å². The van der Waals surface area contributed by atoms with E-state index in [4.69, 9.17) is 11.6 Å². The normalized spacial score (nSPS) is 10.0. The summed E-state index contributed by atoms with van der Waals surface area (Å²) in [4.78, 5) is 0. The van der Waals surface area contributed by atoms with Gasteiger partial charge in [-0.1, -0.05) is 19.8 Å². The molecule has 0 aliphatic carbocycles. The maximum absolute atomic E-state index is 11.7. The van der Waals surface area contributed by atoms with Crippen molar-refractivity contribution >= 4 is 11.6 Å². The van der Waals surface area contributed by atoms with Crippen LogP contribution >= 0.6 is 11.6 Å². The molecule has 2 nitrogen and oxygen atoms in total. The molecule has 0 aliphatic rings. The molecule has 1 rings (SSSR count). The van der Waals surface area contributed by atoms with Crippen LogP contribution in [0.15, 0.2) is 12.3 Å². The Hall–Kier alpha value is -0.640. The summed E-state index contributed by atoms with van der Waals surface area (Å²) in [6, 6.07) is 1.30. The second-order valence-corrected chi connectivity index (χ2v) is 3.49. The summed E-state index contributed by atoms with van der Waals surface area (Å²) >= 11 is 5.38. The van der Waals surface area contributed by atoms with Crippen molar-refractivity contribution < 1.29 is 8.78 Å². The number of nitrogens with zero attached hydrogens (tertiary/aromatic N) is 2. The van der Waals surface area contributed by atoms with E-state index in [1.54, 1.807) is 7.05 Å².